The molecule has 0 radical (unpaired) electrons. The molecule has 0 bridgehead atoms. The fourth-order valence-corrected chi connectivity index (χ4v) is 4.15. The highest BCUT2D eigenvalue weighted by atomic mass is 35.5. The van der Waals surface area contributed by atoms with Crippen molar-refractivity contribution in [2.24, 2.45) is 0 Å². The highest BCUT2D eigenvalue weighted by Crippen LogP contribution is 2.27. The third kappa shape index (κ3) is 3.12. The lowest BCUT2D eigenvalue weighted by Gasteiger charge is -2.08. The topological polar surface area (TPSA) is 83.5 Å². The maximum Gasteiger partial charge on any atom is 0.335 e. The van der Waals surface area contributed by atoms with E-state index in [1.54, 1.807) is 6.92 Å². The van der Waals surface area contributed by atoms with E-state index >= 15 is 0 Å². The van der Waals surface area contributed by atoms with Crippen molar-refractivity contribution >= 4 is 44.6 Å². The molecule has 0 spiro atoms. The average molecular weight is 332 g/mol. The number of carboxylic acid groups (broad SMARTS) is 1. The van der Waals surface area contributed by atoms with Crippen LogP contribution in [0.4, 0.5) is 5.69 Å². The van der Waals surface area contributed by atoms with Crippen LogP contribution in [-0.4, -0.2) is 19.5 Å². The minimum absolute atomic E-state index is 0.0995. The standard InChI is InChI=1S/C12H10ClNO4S2/c1-7-6-8(2-3-9(7)12(15)16)14-20(17,18)11-5-4-10(13)19-11/h2-6,14H,1H3,(H,15,16). The van der Waals surface area contributed by atoms with Crippen molar-refractivity contribution in [3.05, 3.63) is 45.8 Å². The number of carboxylic acids is 1. The lowest BCUT2D eigenvalue weighted by Crippen LogP contribution is -2.12. The summed E-state index contributed by atoms with van der Waals surface area (Å²) in [5.41, 5.74) is 0.908. The zero-order valence-electron chi connectivity index (χ0n) is 10.3. The van der Waals surface area contributed by atoms with Crippen molar-refractivity contribution in [1.82, 2.24) is 0 Å². The van der Waals surface area contributed by atoms with Gasteiger partial charge in [0.25, 0.3) is 10.0 Å². The molecular formula is C12H10ClNO4S2. The molecule has 2 rings (SSSR count). The number of aromatic carboxylic acids is 1. The molecule has 106 valence electrons. The number of hydrogen-bond donors (Lipinski definition) is 2. The van der Waals surface area contributed by atoms with Gasteiger partial charge < -0.3 is 5.11 Å². The van der Waals surface area contributed by atoms with E-state index in [-0.39, 0.29) is 9.77 Å². The van der Waals surface area contributed by atoms with E-state index in [0.29, 0.717) is 15.6 Å². The summed E-state index contributed by atoms with van der Waals surface area (Å²) in [5, 5.41) is 8.92. The third-order valence-corrected chi connectivity index (χ3v) is 5.63. The summed E-state index contributed by atoms with van der Waals surface area (Å²) in [6, 6.07) is 7.14. The first-order valence-corrected chi connectivity index (χ1v) is 8.09. The van der Waals surface area contributed by atoms with E-state index < -0.39 is 16.0 Å². The molecule has 0 fully saturated rings. The normalized spacial score (nSPS) is 11.3. The lowest BCUT2D eigenvalue weighted by atomic mass is 10.1. The Kier molecular flexibility index (Phi) is 4.03. The van der Waals surface area contributed by atoms with Crippen LogP contribution < -0.4 is 4.72 Å². The minimum atomic E-state index is -3.71. The largest absolute Gasteiger partial charge is 0.478 e. The second-order valence-corrected chi connectivity index (χ2v) is 7.62. The summed E-state index contributed by atoms with van der Waals surface area (Å²) in [5.74, 6) is -1.05. The Bertz CT molecular complexity index is 768. The molecule has 0 unspecified atom stereocenters. The van der Waals surface area contributed by atoms with E-state index in [4.69, 9.17) is 16.7 Å². The van der Waals surface area contributed by atoms with Crippen molar-refractivity contribution in [3.63, 3.8) is 0 Å². The maximum atomic E-state index is 12.1. The molecule has 0 saturated carbocycles. The molecule has 0 amide bonds. The Morgan fingerprint density at radius 2 is 2.00 bits per heavy atom. The van der Waals surface area contributed by atoms with Gasteiger partial charge >= 0.3 is 5.97 Å². The minimum Gasteiger partial charge on any atom is -0.478 e. The van der Waals surface area contributed by atoms with Crippen LogP contribution in [0.2, 0.25) is 4.34 Å². The van der Waals surface area contributed by atoms with Gasteiger partial charge in [0, 0.05) is 5.69 Å². The summed E-state index contributed by atoms with van der Waals surface area (Å²) in [4.78, 5) is 10.9. The quantitative estimate of drug-likeness (QED) is 0.901. The highest BCUT2D eigenvalue weighted by Gasteiger charge is 2.17. The molecule has 0 saturated heterocycles. The Hall–Kier alpha value is -1.57. The summed E-state index contributed by atoms with van der Waals surface area (Å²) in [6.07, 6.45) is 0. The monoisotopic (exact) mass is 331 g/mol. The molecular weight excluding hydrogens is 322 g/mol. The highest BCUT2D eigenvalue weighted by molar-refractivity contribution is 7.94. The van der Waals surface area contributed by atoms with Gasteiger partial charge in [-0.25, -0.2) is 13.2 Å². The number of sulfonamides is 1. The molecule has 5 nitrogen and oxygen atoms in total. The molecule has 0 atom stereocenters. The number of nitrogens with one attached hydrogen (secondary N) is 1. The van der Waals surface area contributed by atoms with Gasteiger partial charge in [0.1, 0.15) is 4.21 Å². The zero-order chi connectivity index (χ0) is 14.9. The third-order valence-electron chi connectivity index (χ3n) is 2.52. The van der Waals surface area contributed by atoms with Crippen LogP contribution in [0, 0.1) is 6.92 Å². The number of rotatable bonds is 4. The molecule has 8 heteroatoms. The SMILES string of the molecule is Cc1cc(NS(=O)(=O)c2ccc(Cl)s2)ccc1C(=O)O. The van der Waals surface area contributed by atoms with Crippen LogP contribution in [0.1, 0.15) is 15.9 Å². The van der Waals surface area contributed by atoms with Crippen molar-refractivity contribution in [1.29, 1.82) is 0 Å². The van der Waals surface area contributed by atoms with Crippen LogP contribution in [0.5, 0.6) is 0 Å². The van der Waals surface area contributed by atoms with Gasteiger partial charge in [-0.15, -0.1) is 11.3 Å². The second kappa shape index (κ2) is 5.43. The van der Waals surface area contributed by atoms with Crippen LogP contribution in [0.25, 0.3) is 0 Å². The van der Waals surface area contributed by atoms with Gasteiger partial charge in [-0.3, -0.25) is 4.72 Å². The van der Waals surface area contributed by atoms with E-state index in [1.165, 1.54) is 30.3 Å². The van der Waals surface area contributed by atoms with Crippen molar-refractivity contribution < 1.29 is 18.3 Å². The van der Waals surface area contributed by atoms with Crippen LogP contribution in [-0.2, 0) is 10.0 Å². The molecule has 0 aliphatic rings. The first-order chi connectivity index (χ1) is 9.29. The Morgan fingerprint density at radius 1 is 1.30 bits per heavy atom. The molecule has 0 aliphatic carbocycles. The number of aryl methyl sites for hydroxylation is 1. The van der Waals surface area contributed by atoms with Gasteiger partial charge in [0.2, 0.25) is 0 Å². The van der Waals surface area contributed by atoms with E-state index in [0.717, 1.165) is 11.3 Å². The predicted octanol–water partition coefficient (Wildman–Crippen LogP) is 3.21. The number of thiophene rings is 1. The number of benzene rings is 1. The van der Waals surface area contributed by atoms with Gasteiger partial charge in [0.05, 0.1) is 9.90 Å². The molecule has 20 heavy (non-hydrogen) atoms. The van der Waals surface area contributed by atoms with Crippen molar-refractivity contribution in [2.45, 2.75) is 11.1 Å². The van der Waals surface area contributed by atoms with Gasteiger partial charge in [-0.1, -0.05) is 11.6 Å². The van der Waals surface area contributed by atoms with Crippen LogP contribution in [0.15, 0.2) is 34.5 Å². The fraction of sp³-hybridized carbons (Fsp3) is 0.0833. The average Bonchev–Trinajstić information content (AvgIpc) is 2.75. The Balaban J connectivity index is 2.30. The van der Waals surface area contributed by atoms with Crippen LogP contribution >= 0.6 is 22.9 Å². The summed E-state index contributed by atoms with van der Waals surface area (Å²) in [7, 11) is -3.71. The second-order valence-electron chi connectivity index (χ2n) is 4.00. The smallest absolute Gasteiger partial charge is 0.335 e. The van der Waals surface area contributed by atoms with E-state index in [9.17, 15) is 13.2 Å². The fourth-order valence-electron chi connectivity index (χ4n) is 1.61. The summed E-state index contributed by atoms with van der Waals surface area (Å²) < 4.78 is 27.0. The number of carbonyl (C=O) groups is 1. The zero-order valence-corrected chi connectivity index (χ0v) is 12.6. The number of hydrogen-bond acceptors (Lipinski definition) is 4. The first-order valence-electron chi connectivity index (χ1n) is 5.42. The van der Waals surface area contributed by atoms with Crippen molar-refractivity contribution in [2.75, 3.05) is 4.72 Å². The molecule has 1 heterocycles. The van der Waals surface area contributed by atoms with E-state index in [2.05, 4.69) is 4.72 Å². The van der Waals surface area contributed by atoms with Crippen LogP contribution in [0.3, 0.4) is 0 Å². The van der Waals surface area contributed by atoms with Gasteiger partial charge in [0.15, 0.2) is 0 Å². The number of anilines is 1. The molecule has 2 aromatic rings. The maximum absolute atomic E-state index is 12.1. The first kappa shape index (κ1) is 14.8. The van der Waals surface area contributed by atoms with Gasteiger partial charge in [-0.05, 0) is 42.8 Å². The van der Waals surface area contributed by atoms with Crippen molar-refractivity contribution in [3.8, 4) is 0 Å². The molecule has 1 aromatic heterocycles. The molecule has 0 aliphatic heterocycles. The van der Waals surface area contributed by atoms with Gasteiger partial charge in [-0.2, -0.15) is 0 Å². The number of halogens is 1. The summed E-state index contributed by atoms with van der Waals surface area (Å²) in [6.45, 7) is 1.60. The Morgan fingerprint density at radius 3 is 2.50 bits per heavy atom. The molecule has 1 aromatic carbocycles. The predicted molar refractivity (Wildman–Crippen MR) is 78.3 cm³/mol. The molecule has 2 N–H and O–H groups in total. The lowest BCUT2D eigenvalue weighted by molar-refractivity contribution is 0.0696. The van der Waals surface area contributed by atoms with E-state index in [1.807, 2.05) is 0 Å². The summed E-state index contributed by atoms with van der Waals surface area (Å²) >= 11 is 6.66. The Labute approximate surface area is 124 Å².